The third-order valence-electron chi connectivity index (χ3n) is 2.85. The summed E-state index contributed by atoms with van der Waals surface area (Å²) >= 11 is 0. The van der Waals surface area contributed by atoms with Crippen molar-refractivity contribution >= 4 is 21.4 Å². The van der Waals surface area contributed by atoms with Crippen LogP contribution in [0.4, 0.5) is 11.4 Å². The number of benzene rings is 2. The van der Waals surface area contributed by atoms with E-state index in [0.717, 1.165) is 0 Å². The zero-order valence-corrected chi connectivity index (χ0v) is 12.5. The monoisotopic (exact) mass is 308 g/mol. The molecule has 0 saturated carbocycles. The molecule has 7 heteroatoms. The fraction of sp³-hybridized carbons (Fsp3) is 0.143. The van der Waals surface area contributed by atoms with E-state index in [0.29, 0.717) is 22.9 Å². The zero-order valence-electron chi connectivity index (χ0n) is 11.7. The topological polar surface area (TPSA) is 90.7 Å². The summed E-state index contributed by atoms with van der Waals surface area (Å²) in [7, 11) is -0.668. The van der Waals surface area contributed by atoms with E-state index in [2.05, 4.69) is 4.72 Å². The number of hydrogen-bond donors (Lipinski definition) is 2. The highest BCUT2D eigenvalue weighted by molar-refractivity contribution is 7.92. The first-order chi connectivity index (χ1) is 9.96. The molecule has 0 aliphatic carbocycles. The zero-order chi connectivity index (χ0) is 15.5. The molecule has 0 amide bonds. The molecule has 0 unspecified atom stereocenters. The van der Waals surface area contributed by atoms with Crippen molar-refractivity contribution in [3.8, 4) is 11.5 Å². The average Bonchev–Trinajstić information content (AvgIpc) is 2.47. The van der Waals surface area contributed by atoms with Crippen molar-refractivity contribution < 1.29 is 17.9 Å². The van der Waals surface area contributed by atoms with E-state index in [-0.39, 0.29) is 4.90 Å². The van der Waals surface area contributed by atoms with E-state index in [1.807, 2.05) is 0 Å². The van der Waals surface area contributed by atoms with Gasteiger partial charge in [-0.25, -0.2) is 8.42 Å². The van der Waals surface area contributed by atoms with Crippen molar-refractivity contribution in [1.29, 1.82) is 0 Å². The Labute approximate surface area is 123 Å². The predicted molar refractivity (Wildman–Crippen MR) is 81.2 cm³/mol. The highest BCUT2D eigenvalue weighted by atomic mass is 32.2. The normalized spacial score (nSPS) is 11.0. The van der Waals surface area contributed by atoms with Gasteiger partial charge in [0.1, 0.15) is 11.5 Å². The molecule has 2 aromatic rings. The maximum Gasteiger partial charge on any atom is 0.261 e. The molecule has 6 nitrogen and oxygen atoms in total. The Balaban J connectivity index is 2.26. The fourth-order valence-corrected chi connectivity index (χ4v) is 2.82. The lowest BCUT2D eigenvalue weighted by Gasteiger charge is -2.11. The van der Waals surface area contributed by atoms with Crippen molar-refractivity contribution in [3.05, 3.63) is 42.5 Å². The minimum atomic E-state index is -3.68. The van der Waals surface area contributed by atoms with E-state index in [1.165, 1.54) is 32.4 Å². The van der Waals surface area contributed by atoms with Crippen LogP contribution in [0.2, 0.25) is 0 Å². The Kier molecular flexibility index (Phi) is 4.23. The van der Waals surface area contributed by atoms with Crippen molar-refractivity contribution in [1.82, 2.24) is 0 Å². The lowest BCUT2D eigenvalue weighted by atomic mass is 10.2. The second-order valence-corrected chi connectivity index (χ2v) is 5.92. The first-order valence-corrected chi connectivity index (χ1v) is 7.55. The van der Waals surface area contributed by atoms with Gasteiger partial charge in [0.05, 0.1) is 30.5 Å². The molecule has 2 aromatic carbocycles. The molecule has 0 aromatic heterocycles. The summed E-state index contributed by atoms with van der Waals surface area (Å²) in [5.41, 5.74) is 6.47. The smallest absolute Gasteiger partial charge is 0.261 e. The summed E-state index contributed by atoms with van der Waals surface area (Å²) in [6, 6.07) is 10.8. The molecule has 3 N–H and O–H groups in total. The highest BCUT2D eigenvalue weighted by Gasteiger charge is 2.14. The SMILES string of the molecule is COc1ccc(S(=O)(=O)Nc2ccc(OC)c(N)c2)cc1. The average molecular weight is 308 g/mol. The van der Waals surface area contributed by atoms with Crippen LogP contribution in [0, 0.1) is 0 Å². The van der Waals surface area contributed by atoms with Gasteiger partial charge in [-0.1, -0.05) is 0 Å². The van der Waals surface area contributed by atoms with Crippen LogP contribution in [0.5, 0.6) is 11.5 Å². The van der Waals surface area contributed by atoms with E-state index in [1.54, 1.807) is 24.3 Å². The summed E-state index contributed by atoms with van der Waals surface area (Å²) in [5, 5.41) is 0. The minimum Gasteiger partial charge on any atom is -0.497 e. The van der Waals surface area contributed by atoms with Crippen molar-refractivity contribution in [3.63, 3.8) is 0 Å². The van der Waals surface area contributed by atoms with Gasteiger partial charge in [-0.05, 0) is 42.5 Å². The molecule has 2 rings (SSSR count). The standard InChI is InChI=1S/C14H16N2O4S/c1-19-11-4-6-12(7-5-11)21(17,18)16-10-3-8-14(20-2)13(15)9-10/h3-9,16H,15H2,1-2H3. The van der Waals surface area contributed by atoms with Gasteiger partial charge in [-0.3, -0.25) is 4.72 Å². The summed E-state index contributed by atoms with van der Waals surface area (Å²) in [6.45, 7) is 0. The van der Waals surface area contributed by atoms with Gasteiger partial charge in [0, 0.05) is 0 Å². The Bertz CT molecular complexity index is 727. The summed E-state index contributed by atoms with van der Waals surface area (Å²) in [4.78, 5) is 0.137. The number of nitrogen functional groups attached to an aromatic ring is 1. The maximum absolute atomic E-state index is 12.2. The van der Waals surface area contributed by atoms with Crippen LogP contribution in [0.3, 0.4) is 0 Å². The maximum atomic E-state index is 12.2. The number of methoxy groups -OCH3 is 2. The molecule has 0 saturated heterocycles. The van der Waals surface area contributed by atoms with Crippen molar-refractivity contribution in [2.45, 2.75) is 4.90 Å². The van der Waals surface area contributed by atoms with Crippen molar-refractivity contribution in [2.75, 3.05) is 24.7 Å². The molecular weight excluding hydrogens is 292 g/mol. The number of sulfonamides is 1. The molecule has 21 heavy (non-hydrogen) atoms. The summed E-state index contributed by atoms with van der Waals surface area (Å²) in [5.74, 6) is 1.07. The third-order valence-corrected chi connectivity index (χ3v) is 4.25. The first kappa shape index (κ1) is 15.0. The van der Waals surface area contributed by atoms with Crippen molar-refractivity contribution in [2.24, 2.45) is 0 Å². The van der Waals surface area contributed by atoms with Gasteiger partial charge in [0.2, 0.25) is 0 Å². The van der Waals surface area contributed by atoms with Crippen LogP contribution < -0.4 is 19.9 Å². The molecule has 0 aliphatic rings. The highest BCUT2D eigenvalue weighted by Crippen LogP contribution is 2.26. The third kappa shape index (κ3) is 3.38. The Morgan fingerprint density at radius 1 is 1.00 bits per heavy atom. The largest absolute Gasteiger partial charge is 0.497 e. The molecular formula is C14H16N2O4S. The predicted octanol–water partition coefficient (Wildman–Crippen LogP) is 2.09. The molecule has 0 aliphatic heterocycles. The Morgan fingerprint density at radius 2 is 1.67 bits per heavy atom. The summed E-state index contributed by atoms with van der Waals surface area (Å²) < 4.78 is 37.0. The minimum absolute atomic E-state index is 0.137. The van der Waals surface area contributed by atoms with E-state index < -0.39 is 10.0 Å². The number of anilines is 2. The van der Waals surface area contributed by atoms with Gasteiger partial charge < -0.3 is 15.2 Å². The van der Waals surface area contributed by atoms with Gasteiger partial charge in [0.25, 0.3) is 10.0 Å². The number of ether oxygens (including phenoxy) is 2. The molecule has 0 bridgehead atoms. The van der Waals surface area contributed by atoms with Gasteiger partial charge in [-0.15, -0.1) is 0 Å². The second kappa shape index (κ2) is 5.92. The van der Waals surface area contributed by atoms with Crippen LogP contribution in [0.25, 0.3) is 0 Å². The van der Waals surface area contributed by atoms with E-state index >= 15 is 0 Å². The molecule has 0 radical (unpaired) electrons. The van der Waals surface area contributed by atoms with Gasteiger partial charge >= 0.3 is 0 Å². The van der Waals surface area contributed by atoms with Crippen LogP contribution in [-0.2, 0) is 10.0 Å². The first-order valence-electron chi connectivity index (χ1n) is 6.06. The molecule has 0 atom stereocenters. The summed E-state index contributed by atoms with van der Waals surface area (Å²) in [6.07, 6.45) is 0. The molecule has 0 heterocycles. The quantitative estimate of drug-likeness (QED) is 0.825. The van der Waals surface area contributed by atoms with Gasteiger partial charge in [-0.2, -0.15) is 0 Å². The Morgan fingerprint density at radius 3 is 2.19 bits per heavy atom. The molecule has 0 fully saturated rings. The Hall–Kier alpha value is -2.41. The lowest BCUT2D eigenvalue weighted by Crippen LogP contribution is -2.13. The van der Waals surface area contributed by atoms with E-state index in [9.17, 15) is 8.42 Å². The number of nitrogens with two attached hydrogens (primary N) is 1. The van der Waals surface area contributed by atoms with Crippen LogP contribution in [0.15, 0.2) is 47.4 Å². The van der Waals surface area contributed by atoms with Crippen LogP contribution in [-0.4, -0.2) is 22.6 Å². The number of rotatable bonds is 5. The second-order valence-electron chi connectivity index (χ2n) is 4.24. The lowest BCUT2D eigenvalue weighted by molar-refractivity contribution is 0.414. The molecule has 112 valence electrons. The van der Waals surface area contributed by atoms with Crippen LogP contribution in [0.1, 0.15) is 0 Å². The molecule has 0 spiro atoms. The van der Waals surface area contributed by atoms with E-state index in [4.69, 9.17) is 15.2 Å². The fourth-order valence-electron chi connectivity index (χ4n) is 1.77. The number of nitrogens with one attached hydrogen (secondary N) is 1. The number of hydrogen-bond acceptors (Lipinski definition) is 5. The van der Waals surface area contributed by atoms with Gasteiger partial charge in [0.15, 0.2) is 0 Å². The van der Waals surface area contributed by atoms with Crippen LogP contribution >= 0.6 is 0 Å².